The van der Waals surface area contributed by atoms with E-state index >= 15 is 0 Å². The Labute approximate surface area is 117 Å². The maximum atomic E-state index is 12.3. The zero-order valence-electron chi connectivity index (χ0n) is 10.8. The summed E-state index contributed by atoms with van der Waals surface area (Å²) in [5.74, 6) is -0.416. The molecule has 2 rings (SSSR count). The molecule has 1 aliphatic rings. The quantitative estimate of drug-likeness (QED) is 0.642. The van der Waals surface area contributed by atoms with Crippen LogP contribution in [0.1, 0.15) is 18.4 Å². The Kier molecular flexibility index (Phi) is 4.36. The lowest BCUT2D eigenvalue weighted by molar-refractivity contribution is -0.385. The van der Waals surface area contributed by atoms with Crippen LogP contribution in [0.3, 0.4) is 0 Å². The van der Waals surface area contributed by atoms with E-state index in [1.165, 1.54) is 22.5 Å². The van der Waals surface area contributed by atoms with E-state index in [-0.39, 0.29) is 17.9 Å². The number of nitro benzene ring substituents is 1. The molecule has 0 bridgehead atoms. The maximum Gasteiger partial charge on any atom is 0.273 e. The van der Waals surface area contributed by atoms with E-state index in [0.717, 1.165) is 0 Å². The van der Waals surface area contributed by atoms with Crippen molar-refractivity contribution in [2.75, 3.05) is 13.2 Å². The van der Waals surface area contributed by atoms with Gasteiger partial charge in [0.1, 0.15) is 0 Å². The predicted molar refractivity (Wildman–Crippen MR) is 72.5 cm³/mol. The number of aliphatic hydroxyl groups is 1. The topological polar surface area (TPSA) is 101 Å². The van der Waals surface area contributed by atoms with Gasteiger partial charge in [-0.2, -0.15) is 4.31 Å². The number of benzene rings is 1. The monoisotopic (exact) mass is 300 g/mol. The van der Waals surface area contributed by atoms with Gasteiger partial charge < -0.3 is 5.11 Å². The molecular formula is C12H16N2O5S. The number of para-hydroxylation sites is 1. The standard InChI is InChI=1S/C12H16N2O5S/c15-8-11-5-3-7-13(11)20(18,19)9-10-4-1-2-6-12(10)14(16)17/h1-2,4,6,11,15H,3,5,7-9H2/t11-/m0/s1. The molecule has 0 aromatic heterocycles. The summed E-state index contributed by atoms with van der Waals surface area (Å²) in [6.07, 6.45) is 1.31. The zero-order chi connectivity index (χ0) is 14.8. The minimum absolute atomic E-state index is 0.168. The highest BCUT2D eigenvalue weighted by Gasteiger charge is 2.34. The van der Waals surface area contributed by atoms with Crippen LogP contribution in [0.15, 0.2) is 24.3 Å². The Balaban J connectivity index is 2.27. The lowest BCUT2D eigenvalue weighted by Crippen LogP contribution is -2.38. The average molecular weight is 300 g/mol. The van der Waals surface area contributed by atoms with Crippen LogP contribution in [0, 0.1) is 10.1 Å². The fourth-order valence-corrected chi connectivity index (χ4v) is 4.28. The van der Waals surface area contributed by atoms with Crippen LogP contribution in [0.2, 0.25) is 0 Å². The minimum atomic E-state index is -3.66. The van der Waals surface area contributed by atoms with E-state index in [1.807, 2.05) is 0 Å². The van der Waals surface area contributed by atoms with Gasteiger partial charge in [-0.15, -0.1) is 0 Å². The van der Waals surface area contributed by atoms with Crippen LogP contribution in [0.4, 0.5) is 5.69 Å². The van der Waals surface area contributed by atoms with Gasteiger partial charge in [0.25, 0.3) is 5.69 Å². The molecule has 1 saturated heterocycles. The summed E-state index contributed by atoms with van der Waals surface area (Å²) in [5.41, 5.74) is -0.0306. The third-order valence-electron chi connectivity index (χ3n) is 3.42. The van der Waals surface area contributed by atoms with E-state index in [4.69, 9.17) is 0 Å². The fraction of sp³-hybridized carbons (Fsp3) is 0.500. The minimum Gasteiger partial charge on any atom is -0.395 e. The molecule has 1 heterocycles. The summed E-state index contributed by atoms with van der Waals surface area (Å²) >= 11 is 0. The van der Waals surface area contributed by atoms with Crippen LogP contribution in [0.5, 0.6) is 0 Å². The maximum absolute atomic E-state index is 12.3. The molecule has 1 N–H and O–H groups in total. The smallest absolute Gasteiger partial charge is 0.273 e. The molecule has 0 aliphatic carbocycles. The zero-order valence-corrected chi connectivity index (χ0v) is 11.6. The number of sulfonamides is 1. The molecule has 1 aliphatic heterocycles. The van der Waals surface area contributed by atoms with Gasteiger partial charge in [0.05, 0.1) is 17.3 Å². The van der Waals surface area contributed by atoms with Crippen LogP contribution in [0.25, 0.3) is 0 Å². The first kappa shape index (κ1) is 14.9. The van der Waals surface area contributed by atoms with Crippen molar-refractivity contribution in [2.45, 2.75) is 24.6 Å². The van der Waals surface area contributed by atoms with E-state index in [0.29, 0.717) is 19.4 Å². The SMILES string of the molecule is O=[N+]([O-])c1ccccc1CS(=O)(=O)N1CCC[C@H]1CO. The lowest BCUT2D eigenvalue weighted by atomic mass is 10.2. The number of aliphatic hydroxyl groups excluding tert-OH is 1. The molecule has 1 atom stereocenters. The second-order valence-electron chi connectivity index (χ2n) is 4.73. The molecule has 1 aromatic carbocycles. The van der Waals surface area contributed by atoms with Gasteiger partial charge in [0, 0.05) is 24.2 Å². The van der Waals surface area contributed by atoms with Crippen LogP contribution < -0.4 is 0 Å². The Morgan fingerprint density at radius 2 is 2.10 bits per heavy atom. The number of nitro groups is 1. The molecule has 0 radical (unpaired) electrons. The number of rotatable bonds is 5. The van der Waals surface area contributed by atoms with Gasteiger partial charge in [0.2, 0.25) is 10.0 Å². The van der Waals surface area contributed by atoms with Gasteiger partial charge in [-0.05, 0) is 12.8 Å². The highest BCUT2D eigenvalue weighted by atomic mass is 32.2. The van der Waals surface area contributed by atoms with Crippen molar-refractivity contribution in [3.63, 3.8) is 0 Å². The first-order valence-corrected chi connectivity index (χ1v) is 7.89. The predicted octanol–water partition coefficient (Wildman–Crippen LogP) is 0.881. The molecule has 110 valence electrons. The summed E-state index contributed by atoms with van der Waals surface area (Å²) in [4.78, 5) is 10.3. The average Bonchev–Trinajstić information content (AvgIpc) is 2.87. The van der Waals surface area contributed by atoms with Crippen LogP contribution in [-0.2, 0) is 15.8 Å². The molecule has 7 nitrogen and oxygen atoms in total. The Morgan fingerprint density at radius 1 is 1.40 bits per heavy atom. The molecule has 0 saturated carbocycles. The largest absolute Gasteiger partial charge is 0.395 e. The van der Waals surface area contributed by atoms with E-state index in [2.05, 4.69) is 0 Å². The van der Waals surface area contributed by atoms with Crippen molar-refractivity contribution in [2.24, 2.45) is 0 Å². The summed E-state index contributed by atoms with van der Waals surface area (Å²) in [5, 5.41) is 20.1. The molecule has 20 heavy (non-hydrogen) atoms. The first-order chi connectivity index (χ1) is 9.45. The van der Waals surface area contributed by atoms with Gasteiger partial charge in [-0.3, -0.25) is 10.1 Å². The number of hydrogen-bond acceptors (Lipinski definition) is 5. The summed E-state index contributed by atoms with van der Waals surface area (Å²) in [6, 6.07) is 5.40. The molecule has 1 fully saturated rings. The van der Waals surface area contributed by atoms with Crippen molar-refractivity contribution in [1.82, 2.24) is 4.31 Å². The molecule has 1 aromatic rings. The van der Waals surface area contributed by atoms with Crippen LogP contribution >= 0.6 is 0 Å². The summed E-state index contributed by atoms with van der Waals surface area (Å²) < 4.78 is 25.9. The first-order valence-electron chi connectivity index (χ1n) is 6.28. The number of nitrogens with zero attached hydrogens (tertiary/aromatic N) is 2. The van der Waals surface area contributed by atoms with Gasteiger partial charge in [-0.25, -0.2) is 8.42 Å². The molecule has 8 heteroatoms. The van der Waals surface area contributed by atoms with Crippen molar-refractivity contribution < 1.29 is 18.4 Å². The third kappa shape index (κ3) is 2.97. The highest BCUT2D eigenvalue weighted by Crippen LogP contribution is 2.26. The summed E-state index contributed by atoms with van der Waals surface area (Å²) in [6.45, 7) is 0.129. The fourth-order valence-electron chi connectivity index (χ4n) is 2.45. The highest BCUT2D eigenvalue weighted by molar-refractivity contribution is 7.88. The number of hydrogen-bond donors (Lipinski definition) is 1. The van der Waals surface area contributed by atoms with E-state index < -0.39 is 26.7 Å². The van der Waals surface area contributed by atoms with E-state index in [9.17, 15) is 23.6 Å². The van der Waals surface area contributed by atoms with Gasteiger partial charge in [-0.1, -0.05) is 18.2 Å². The van der Waals surface area contributed by atoms with Gasteiger partial charge >= 0.3 is 0 Å². The normalized spacial score (nSPS) is 20.1. The molecule has 0 spiro atoms. The van der Waals surface area contributed by atoms with Crippen LogP contribution in [-0.4, -0.2) is 41.9 Å². The second kappa shape index (κ2) is 5.86. The summed E-state index contributed by atoms with van der Waals surface area (Å²) in [7, 11) is -3.66. The van der Waals surface area contributed by atoms with Crippen molar-refractivity contribution in [3.05, 3.63) is 39.9 Å². The van der Waals surface area contributed by atoms with Gasteiger partial charge in [0.15, 0.2) is 0 Å². The molecular weight excluding hydrogens is 284 g/mol. The Bertz CT molecular complexity index is 602. The molecule has 0 amide bonds. The Morgan fingerprint density at radius 3 is 2.75 bits per heavy atom. The van der Waals surface area contributed by atoms with Crippen molar-refractivity contribution in [1.29, 1.82) is 0 Å². The van der Waals surface area contributed by atoms with Crippen molar-refractivity contribution in [3.8, 4) is 0 Å². The van der Waals surface area contributed by atoms with E-state index in [1.54, 1.807) is 6.07 Å². The second-order valence-corrected chi connectivity index (χ2v) is 6.65. The third-order valence-corrected chi connectivity index (χ3v) is 5.29. The Hall–Kier alpha value is -1.51. The van der Waals surface area contributed by atoms with Crippen molar-refractivity contribution >= 4 is 15.7 Å². The lowest BCUT2D eigenvalue weighted by Gasteiger charge is -2.22. The molecule has 0 unspecified atom stereocenters.